The number of hydrogen-bond donors (Lipinski definition) is 0. The summed E-state index contributed by atoms with van der Waals surface area (Å²) >= 11 is 0. The first kappa shape index (κ1) is 18.9. The Morgan fingerprint density at radius 2 is 1.25 bits per heavy atom. The van der Waals surface area contributed by atoms with Gasteiger partial charge in [0.2, 0.25) is 0 Å². The Morgan fingerprint density at radius 1 is 0.850 bits per heavy atom. The van der Waals surface area contributed by atoms with Crippen molar-refractivity contribution >= 4 is 0 Å². The standard InChI is InChI=1S/C8H5F11O/c1-2-5(12,7(15,16)17)8(18,19)20-6(13,14)3(9)4(10)11/h2H2,1H3. The maximum atomic E-state index is 13.1. The molecule has 20 heavy (non-hydrogen) atoms. The predicted molar refractivity (Wildman–Crippen MR) is 41.5 cm³/mol. The van der Waals surface area contributed by atoms with Crippen LogP contribution in [0.3, 0.4) is 0 Å². The molecule has 1 nitrogen and oxygen atoms in total. The van der Waals surface area contributed by atoms with Gasteiger partial charge in [-0.1, -0.05) is 6.92 Å². The molecule has 0 aliphatic carbocycles. The fourth-order valence-corrected chi connectivity index (χ4v) is 0.968. The van der Waals surface area contributed by atoms with Gasteiger partial charge in [-0.3, -0.25) is 0 Å². The first-order valence-electron chi connectivity index (χ1n) is 4.55. The zero-order chi connectivity index (χ0) is 16.6. The van der Waals surface area contributed by atoms with Crippen LogP contribution in [0.5, 0.6) is 0 Å². The Labute approximate surface area is 104 Å². The zero-order valence-electron chi connectivity index (χ0n) is 9.27. The van der Waals surface area contributed by atoms with Gasteiger partial charge in [0.1, 0.15) is 0 Å². The molecule has 0 saturated carbocycles. The Balaban J connectivity index is 5.62. The normalized spacial score (nSPS) is 16.8. The summed E-state index contributed by atoms with van der Waals surface area (Å²) in [5, 5.41) is 0. The molecule has 0 aromatic rings. The summed E-state index contributed by atoms with van der Waals surface area (Å²) in [6, 6.07) is 0. The molecule has 0 fully saturated rings. The topological polar surface area (TPSA) is 9.23 Å². The van der Waals surface area contributed by atoms with Gasteiger partial charge in [0, 0.05) is 0 Å². The van der Waals surface area contributed by atoms with E-state index in [1.807, 2.05) is 0 Å². The molecule has 0 heterocycles. The van der Waals surface area contributed by atoms with Crippen LogP contribution in [0.1, 0.15) is 13.3 Å². The fraction of sp³-hybridized carbons (Fsp3) is 0.750. The fourth-order valence-electron chi connectivity index (χ4n) is 0.968. The molecule has 1 atom stereocenters. The minimum Gasteiger partial charge on any atom is -0.246 e. The molecule has 0 amide bonds. The second-order valence-corrected chi connectivity index (χ2v) is 3.36. The molecule has 0 rings (SSSR count). The van der Waals surface area contributed by atoms with Crippen LogP contribution >= 0.6 is 0 Å². The zero-order valence-corrected chi connectivity index (χ0v) is 9.27. The molecular formula is C8H5F11O. The van der Waals surface area contributed by atoms with Gasteiger partial charge in [-0.25, -0.2) is 9.13 Å². The molecule has 0 N–H and O–H groups in total. The third-order valence-corrected chi connectivity index (χ3v) is 2.08. The maximum Gasteiger partial charge on any atom is 0.431 e. The highest BCUT2D eigenvalue weighted by Gasteiger charge is 2.73. The lowest BCUT2D eigenvalue weighted by atomic mass is 10.0. The summed E-state index contributed by atoms with van der Waals surface area (Å²) in [7, 11) is 0. The predicted octanol–water partition coefficient (Wildman–Crippen LogP) is 4.95. The van der Waals surface area contributed by atoms with E-state index in [0.29, 0.717) is 0 Å². The molecule has 0 bridgehead atoms. The molecule has 0 aromatic carbocycles. The van der Waals surface area contributed by atoms with Crippen molar-refractivity contribution in [1.29, 1.82) is 0 Å². The van der Waals surface area contributed by atoms with E-state index in [9.17, 15) is 48.3 Å². The van der Waals surface area contributed by atoms with Gasteiger partial charge in [0.05, 0.1) is 0 Å². The summed E-state index contributed by atoms with van der Waals surface area (Å²) < 4.78 is 137. The van der Waals surface area contributed by atoms with Crippen LogP contribution < -0.4 is 0 Å². The minimum absolute atomic E-state index is 0.213. The quantitative estimate of drug-likeness (QED) is 0.650. The van der Waals surface area contributed by atoms with E-state index >= 15 is 0 Å². The van der Waals surface area contributed by atoms with Crippen molar-refractivity contribution in [1.82, 2.24) is 0 Å². The maximum absolute atomic E-state index is 13.1. The molecule has 0 aliphatic heterocycles. The Bertz CT molecular complexity index is 380. The summed E-state index contributed by atoms with van der Waals surface area (Å²) in [6.07, 6.45) is -24.7. The lowest BCUT2D eigenvalue weighted by Crippen LogP contribution is -2.58. The average Bonchev–Trinajstić information content (AvgIpc) is 2.23. The van der Waals surface area contributed by atoms with E-state index in [4.69, 9.17) is 0 Å². The van der Waals surface area contributed by atoms with E-state index in [1.165, 1.54) is 0 Å². The largest absolute Gasteiger partial charge is 0.431 e. The van der Waals surface area contributed by atoms with Gasteiger partial charge in [0.25, 0.3) is 11.5 Å². The highest BCUT2D eigenvalue weighted by atomic mass is 19.4. The average molecular weight is 326 g/mol. The molecule has 0 radical (unpaired) electrons. The van der Waals surface area contributed by atoms with Gasteiger partial charge < -0.3 is 0 Å². The number of halogens is 11. The Morgan fingerprint density at radius 3 is 1.50 bits per heavy atom. The van der Waals surface area contributed by atoms with Crippen molar-refractivity contribution in [2.45, 2.75) is 37.4 Å². The highest BCUT2D eigenvalue weighted by molar-refractivity contribution is 5.02. The first-order valence-corrected chi connectivity index (χ1v) is 4.55. The van der Waals surface area contributed by atoms with Crippen LogP contribution in [-0.4, -0.2) is 24.1 Å². The molecule has 12 heteroatoms. The Hall–Kier alpha value is -1.07. The second kappa shape index (κ2) is 5.37. The third kappa shape index (κ3) is 3.33. The Kier molecular flexibility index (Phi) is 5.08. The van der Waals surface area contributed by atoms with Crippen molar-refractivity contribution in [2.24, 2.45) is 0 Å². The molecule has 0 aromatic heterocycles. The first-order chi connectivity index (χ1) is 8.62. The second-order valence-electron chi connectivity index (χ2n) is 3.36. The van der Waals surface area contributed by atoms with Gasteiger partial charge in [-0.15, -0.1) is 0 Å². The van der Waals surface area contributed by atoms with Gasteiger partial charge >= 0.3 is 24.5 Å². The molecule has 0 saturated heterocycles. The van der Waals surface area contributed by atoms with Crippen molar-refractivity contribution in [3.05, 3.63) is 11.9 Å². The SMILES string of the molecule is CCC(F)(C(F)(F)F)C(F)(F)OC(F)(F)C(F)=C(F)F. The van der Waals surface area contributed by atoms with Crippen LogP contribution in [0.4, 0.5) is 48.3 Å². The van der Waals surface area contributed by atoms with Crippen molar-refractivity contribution in [3.8, 4) is 0 Å². The lowest BCUT2D eigenvalue weighted by Gasteiger charge is -2.34. The molecule has 120 valence electrons. The molecular weight excluding hydrogens is 321 g/mol. The number of hydrogen-bond acceptors (Lipinski definition) is 1. The van der Waals surface area contributed by atoms with Crippen molar-refractivity contribution in [3.63, 3.8) is 0 Å². The smallest absolute Gasteiger partial charge is 0.246 e. The van der Waals surface area contributed by atoms with Gasteiger partial charge in [-0.05, 0) is 6.42 Å². The van der Waals surface area contributed by atoms with E-state index in [2.05, 4.69) is 4.74 Å². The third-order valence-electron chi connectivity index (χ3n) is 2.08. The summed E-state index contributed by atoms with van der Waals surface area (Å²) in [4.78, 5) is 0. The monoisotopic (exact) mass is 326 g/mol. The summed E-state index contributed by atoms with van der Waals surface area (Å²) in [6.45, 7) is 0.213. The van der Waals surface area contributed by atoms with Crippen LogP contribution in [0, 0.1) is 0 Å². The lowest BCUT2D eigenvalue weighted by molar-refractivity contribution is -0.439. The minimum atomic E-state index is -6.37. The van der Waals surface area contributed by atoms with Crippen LogP contribution in [0.2, 0.25) is 0 Å². The molecule has 0 spiro atoms. The van der Waals surface area contributed by atoms with E-state index in [1.54, 1.807) is 0 Å². The van der Waals surface area contributed by atoms with Gasteiger partial charge in [-0.2, -0.15) is 43.9 Å². The van der Waals surface area contributed by atoms with E-state index < -0.39 is 42.4 Å². The summed E-state index contributed by atoms with van der Waals surface area (Å²) in [5.74, 6) is -3.85. The van der Waals surface area contributed by atoms with Crippen LogP contribution in [0.15, 0.2) is 11.9 Å². The number of ether oxygens (including phenoxy) is 1. The van der Waals surface area contributed by atoms with Crippen LogP contribution in [0.25, 0.3) is 0 Å². The van der Waals surface area contributed by atoms with Crippen molar-refractivity contribution < 1.29 is 53.0 Å². The number of rotatable bonds is 5. The van der Waals surface area contributed by atoms with Crippen molar-refractivity contribution in [2.75, 3.05) is 0 Å². The van der Waals surface area contributed by atoms with E-state index in [-0.39, 0.29) is 6.92 Å². The molecule has 0 aliphatic rings. The van der Waals surface area contributed by atoms with E-state index in [0.717, 1.165) is 0 Å². The summed E-state index contributed by atoms with van der Waals surface area (Å²) in [5.41, 5.74) is -5.61. The van der Waals surface area contributed by atoms with Gasteiger partial charge in [0.15, 0.2) is 0 Å². The highest BCUT2D eigenvalue weighted by Crippen LogP contribution is 2.50. The van der Waals surface area contributed by atoms with Crippen LogP contribution in [-0.2, 0) is 4.74 Å². The molecule has 1 unspecified atom stereocenters. The number of alkyl halides is 8.